The summed E-state index contributed by atoms with van der Waals surface area (Å²) in [6.45, 7) is 1.69. The van der Waals surface area contributed by atoms with Crippen molar-refractivity contribution in [2.45, 2.75) is 19.5 Å². The molecule has 0 atom stereocenters. The van der Waals surface area contributed by atoms with E-state index in [-0.39, 0.29) is 19.6 Å². The lowest BCUT2D eigenvalue weighted by Crippen LogP contribution is -2.32. The summed E-state index contributed by atoms with van der Waals surface area (Å²) < 4.78 is 43.3. The fourth-order valence-corrected chi connectivity index (χ4v) is 1.68. The summed E-state index contributed by atoms with van der Waals surface area (Å²) in [5, 5.41) is 0. The average molecular weight is 320 g/mol. The molecule has 1 aromatic rings. The van der Waals surface area contributed by atoms with Gasteiger partial charge in [0.15, 0.2) is 0 Å². The molecule has 0 fully saturated rings. The number of aromatic nitrogens is 1. The zero-order chi connectivity index (χ0) is 16.9. The van der Waals surface area contributed by atoms with E-state index in [1.807, 2.05) is 4.98 Å². The number of ether oxygens (including phenoxy) is 1. The highest BCUT2D eigenvalue weighted by atomic mass is 19.4. The SMILES string of the molecule is CCOC(=O)CCN(C)C(=O)c1c[nH]c(=O)cc1C(F)(F)F. The average Bonchev–Trinajstić information content (AvgIpc) is 2.43. The van der Waals surface area contributed by atoms with Gasteiger partial charge in [-0.15, -0.1) is 0 Å². The van der Waals surface area contributed by atoms with Crippen LogP contribution in [0.4, 0.5) is 13.2 Å². The minimum Gasteiger partial charge on any atom is -0.466 e. The van der Waals surface area contributed by atoms with Gasteiger partial charge in [0.2, 0.25) is 5.56 Å². The third-order valence-corrected chi connectivity index (χ3v) is 2.76. The van der Waals surface area contributed by atoms with Gasteiger partial charge < -0.3 is 14.6 Å². The van der Waals surface area contributed by atoms with Crippen LogP contribution in [0.5, 0.6) is 0 Å². The summed E-state index contributed by atoms with van der Waals surface area (Å²) in [5.41, 5.74) is -2.96. The second kappa shape index (κ2) is 7.10. The van der Waals surface area contributed by atoms with Crippen molar-refractivity contribution in [2.75, 3.05) is 20.2 Å². The molecule has 122 valence electrons. The molecule has 0 aromatic carbocycles. The molecule has 1 amide bonds. The van der Waals surface area contributed by atoms with Crippen molar-refractivity contribution in [2.24, 2.45) is 0 Å². The normalized spacial score (nSPS) is 11.1. The summed E-state index contributed by atoms with van der Waals surface area (Å²) in [4.78, 5) is 37.3. The maximum atomic E-state index is 12.9. The number of hydrogen-bond donors (Lipinski definition) is 1. The molecule has 0 aliphatic rings. The van der Waals surface area contributed by atoms with Gasteiger partial charge in [0.1, 0.15) is 0 Å². The lowest BCUT2D eigenvalue weighted by molar-refractivity contribution is -0.143. The molecule has 0 unspecified atom stereocenters. The number of alkyl halides is 3. The predicted octanol–water partition coefficient (Wildman–Crippen LogP) is 1.42. The predicted molar refractivity (Wildman–Crippen MR) is 70.3 cm³/mol. The maximum absolute atomic E-state index is 12.9. The number of nitrogens with zero attached hydrogens (tertiary/aromatic N) is 1. The van der Waals surface area contributed by atoms with Crippen LogP contribution in [-0.4, -0.2) is 42.0 Å². The molecule has 0 saturated carbocycles. The van der Waals surface area contributed by atoms with Gasteiger partial charge in [-0.25, -0.2) is 0 Å². The standard InChI is InChI=1S/C13H15F3N2O4/c1-3-22-11(20)4-5-18(2)12(21)8-7-17-10(19)6-9(8)13(14,15)16/h6-7H,3-5H2,1-2H3,(H,17,19). The Labute approximate surface area is 123 Å². The number of carbonyl (C=O) groups is 2. The van der Waals surface area contributed by atoms with E-state index in [9.17, 15) is 27.6 Å². The van der Waals surface area contributed by atoms with Crippen LogP contribution in [-0.2, 0) is 15.7 Å². The topological polar surface area (TPSA) is 79.5 Å². The molecule has 0 bridgehead atoms. The monoisotopic (exact) mass is 320 g/mol. The van der Waals surface area contributed by atoms with E-state index in [2.05, 4.69) is 4.74 Å². The minimum atomic E-state index is -4.83. The van der Waals surface area contributed by atoms with Crippen LogP contribution in [0.15, 0.2) is 17.1 Å². The van der Waals surface area contributed by atoms with Crippen LogP contribution in [0.3, 0.4) is 0 Å². The number of amides is 1. The van der Waals surface area contributed by atoms with Gasteiger partial charge in [0.25, 0.3) is 5.91 Å². The summed E-state index contributed by atoms with van der Waals surface area (Å²) in [5.74, 6) is -1.51. The third-order valence-electron chi connectivity index (χ3n) is 2.76. The van der Waals surface area contributed by atoms with Crippen LogP contribution >= 0.6 is 0 Å². The van der Waals surface area contributed by atoms with E-state index in [0.29, 0.717) is 12.3 Å². The van der Waals surface area contributed by atoms with Gasteiger partial charge >= 0.3 is 12.1 Å². The van der Waals surface area contributed by atoms with Gasteiger partial charge in [0.05, 0.1) is 24.2 Å². The van der Waals surface area contributed by atoms with Gasteiger partial charge in [0, 0.05) is 25.9 Å². The van der Waals surface area contributed by atoms with E-state index in [4.69, 9.17) is 0 Å². The minimum absolute atomic E-state index is 0.103. The Morgan fingerprint density at radius 3 is 2.55 bits per heavy atom. The Bertz CT molecular complexity index is 610. The fraction of sp³-hybridized carbons (Fsp3) is 0.462. The molecule has 0 radical (unpaired) electrons. The first-order valence-electron chi connectivity index (χ1n) is 6.37. The van der Waals surface area contributed by atoms with Crippen LogP contribution < -0.4 is 5.56 Å². The zero-order valence-electron chi connectivity index (χ0n) is 12.0. The molecular formula is C13H15F3N2O4. The van der Waals surface area contributed by atoms with Crippen molar-refractivity contribution >= 4 is 11.9 Å². The van der Waals surface area contributed by atoms with Crippen LogP contribution in [0.1, 0.15) is 29.3 Å². The van der Waals surface area contributed by atoms with Crippen molar-refractivity contribution in [3.05, 3.63) is 33.7 Å². The van der Waals surface area contributed by atoms with Crippen LogP contribution in [0.2, 0.25) is 0 Å². The first-order valence-corrected chi connectivity index (χ1v) is 6.37. The molecule has 1 N–H and O–H groups in total. The fourth-order valence-electron chi connectivity index (χ4n) is 1.68. The number of H-pyrrole nitrogens is 1. The highest BCUT2D eigenvalue weighted by Crippen LogP contribution is 2.31. The Morgan fingerprint density at radius 1 is 1.36 bits per heavy atom. The Kier molecular flexibility index (Phi) is 5.72. The molecular weight excluding hydrogens is 305 g/mol. The molecule has 22 heavy (non-hydrogen) atoms. The van der Waals surface area contributed by atoms with Crippen molar-refractivity contribution in [3.63, 3.8) is 0 Å². The number of nitrogens with one attached hydrogen (secondary N) is 1. The number of hydrogen-bond acceptors (Lipinski definition) is 4. The number of pyridine rings is 1. The molecule has 0 aliphatic heterocycles. The lowest BCUT2D eigenvalue weighted by atomic mass is 10.1. The summed E-state index contributed by atoms with van der Waals surface area (Å²) in [6.07, 6.45) is -4.25. The zero-order valence-corrected chi connectivity index (χ0v) is 12.0. The Morgan fingerprint density at radius 2 is 2.00 bits per heavy atom. The van der Waals surface area contributed by atoms with E-state index < -0.39 is 34.7 Å². The smallest absolute Gasteiger partial charge is 0.417 e. The molecule has 1 aromatic heterocycles. The third kappa shape index (κ3) is 4.61. The number of aromatic amines is 1. The summed E-state index contributed by atoms with van der Waals surface area (Å²) in [7, 11) is 1.26. The number of carbonyl (C=O) groups excluding carboxylic acids is 2. The van der Waals surface area contributed by atoms with Crippen molar-refractivity contribution in [1.82, 2.24) is 9.88 Å². The van der Waals surface area contributed by atoms with E-state index in [0.717, 1.165) is 4.90 Å². The van der Waals surface area contributed by atoms with Crippen molar-refractivity contribution < 1.29 is 27.5 Å². The van der Waals surface area contributed by atoms with Gasteiger partial charge in [-0.2, -0.15) is 13.2 Å². The quantitative estimate of drug-likeness (QED) is 0.832. The van der Waals surface area contributed by atoms with Crippen molar-refractivity contribution in [1.29, 1.82) is 0 Å². The molecule has 0 aliphatic carbocycles. The van der Waals surface area contributed by atoms with E-state index in [1.54, 1.807) is 6.92 Å². The molecule has 1 rings (SSSR count). The van der Waals surface area contributed by atoms with Crippen LogP contribution in [0, 0.1) is 0 Å². The Hall–Kier alpha value is -2.32. The van der Waals surface area contributed by atoms with Gasteiger partial charge in [-0.1, -0.05) is 0 Å². The van der Waals surface area contributed by atoms with Gasteiger partial charge in [-0.3, -0.25) is 14.4 Å². The number of halogens is 3. The summed E-state index contributed by atoms with van der Waals surface area (Å²) in [6, 6.07) is 0.326. The van der Waals surface area contributed by atoms with Gasteiger partial charge in [-0.05, 0) is 6.92 Å². The second-order valence-corrected chi connectivity index (χ2v) is 4.40. The highest BCUT2D eigenvalue weighted by molar-refractivity contribution is 5.95. The summed E-state index contributed by atoms with van der Waals surface area (Å²) >= 11 is 0. The molecule has 0 saturated heterocycles. The van der Waals surface area contributed by atoms with E-state index in [1.165, 1.54) is 7.05 Å². The largest absolute Gasteiger partial charge is 0.466 e. The number of rotatable bonds is 5. The first-order chi connectivity index (χ1) is 10.2. The first kappa shape index (κ1) is 17.7. The highest BCUT2D eigenvalue weighted by Gasteiger charge is 2.36. The number of esters is 1. The Balaban J connectivity index is 2.93. The van der Waals surface area contributed by atoms with Crippen molar-refractivity contribution in [3.8, 4) is 0 Å². The van der Waals surface area contributed by atoms with E-state index >= 15 is 0 Å². The lowest BCUT2D eigenvalue weighted by Gasteiger charge is -2.19. The molecule has 9 heteroatoms. The maximum Gasteiger partial charge on any atom is 0.417 e. The molecule has 0 spiro atoms. The second-order valence-electron chi connectivity index (χ2n) is 4.40. The molecule has 1 heterocycles. The van der Waals surface area contributed by atoms with Crippen LogP contribution in [0.25, 0.3) is 0 Å². The molecule has 6 nitrogen and oxygen atoms in total.